The molecule has 5 nitrogen and oxygen atoms in total. The van der Waals surface area contributed by atoms with Crippen LogP contribution in [0.25, 0.3) is 0 Å². The minimum Gasteiger partial charge on any atom is -0.488 e. The summed E-state index contributed by atoms with van der Waals surface area (Å²) in [5.41, 5.74) is 0.839. The summed E-state index contributed by atoms with van der Waals surface area (Å²) in [4.78, 5) is 23.9. The number of carbonyl (C=O) groups is 2. The number of amides is 2. The van der Waals surface area contributed by atoms with Crippen LogP contribution in [-0.4, -0.2) is 25.0 Å². The number of halogens is 1. The molecule has 2 aromatic rings. The summed E-state index contributed by atoms with van der Waals surface area (Å²) in [5, 5.41) is 5.47. The maximum absolute atomic E-state index is 13.7. The first-order valence-corrected chi connectivity index (χ1v) is 8.63. The average Bonchev–Trinajstić information content (AvgIpc) is 3.50. The Morgan fingerprint density at radius 3 is 2.46 bits per heavy atom. The van der Waals surface area contributed by atoms with E-state index in [1.165, 1.54) is 12.1 Å². The van der Waals surface area contributed by atoms with Crippen molar-refractivity contribution in [2.75, 3.05) is 13.2 Å². The molecule has 2 amide bonds. The van der Waals surface area contributed by atoms with Gasteiger partial charge in [0, 0.05) is 5.92 Å². The van der Waals surface area contributed by atoms with Gasteiger partial charge in [0.05, 0.1) is 12.6 Å². The molecule has 2 aromatic carbocycles. The molecule has 1 aliphatic carbocycles. The molecule has 26 heavy (non-hydrogen) atoms. The summed E-state index contributed by atoms with van der Waals surface area (Å²) in [6.07, 6.45) is 1.77. The molecule has 1 saturated carbocycles. The van der Waals surface area contributed by atoms with Crippen LogP contribution in [0.2, 0.25) is 0 Å². The lowest BCUT2D eigenvalue weighted by molar-refractivity contribution is -0.127. The predicted molar refractivity (Wildman–Crippen MR) is 95.0 cm³/mol. The van der Waals surface area contributed by atoms with Crippen molar-refractivity contribution >= 4 is 11.8 Å². The Bertz CT molecular complexity index is 763. The van der Waals surface area contributed by atoms with Crippen LogP contribution in [0.3, 0.4) is 0 Å². The highest BCUT2D eigenvalue weighted by atomic mass is 19.1. The van der Waals surface area contributed by atoms with Gasteiger partial charge in [0.25, 0.3) is 0 Å². The summed E-state index contributed by atoms with van der Waals surface area (Å²) >= 11 is 0. The number of para-hydroxylation sites is 1. The lowest BCUT2D eigenvalue weighted by Crippen LogP contribution is -2.40. The molecule has 1 aliphatic rings. The third kappa shape index (κ3) is 5.05. The zero-order valence-corrected chi connectivity index (χ0v) is 14.3. The number of carbonyl (C=O) groups excluding carboxylic acids is 2. The second-order valence-electron chi connectivity index (χ2n) is 6.26. The topological polar surface area (TPSA) is 67.4 Å². The van der Waals surface area contributed by atoms with Crippen LogP contribution >= 0.6 is 0 Å². The van der Waals surface area contributed by atoms with Crippen molar-refractivity contribution in [2.24, 2.45) is 5.92 Å². The molecule has 0 aliphatic heterocycles. The Morgan fingerprint density at radius 1 is 1.08 bits per heavy atom. The molecule has 1 fully saturated rings. The SMILES string of the molecule is O=C(CNC(=O)C1CC1)N[C@H](COc1ccccc1F)c1ccccc1. The summed E-state index contributed by atoms with van der Waals surface area (Å²) in [6.45, 7) is -0.00831. The molecule has 6 heteroatoms. The average molecular weight is 356 g/mol. The summed E-state index contributed by atoms with van der Waals surface area (Å²) in [6, 6.07) is 15.0. The number of benzene rings is 2. The minimum atomic E-state index is -0.457. The maximum Gasteiger partial charge on any atom is 0.239 e. The van der Waals surface area contributed by atoms with Gasteiger partial charge in [0.2, 0.25) is 11.8 Å². The second-order valence-corrected chi connectivity index (χ2v) is 6.26. The van der Waals surface area contributed by atoms with Crippen molar-refractivity contribution in [3.63, 3.8) is 0 Å². The smallest absolute Gasteiger partial charge is 0.239 e. The van der Waals surface area contributed by atoms with E-state index in [2.05, 4.69) is 10.6 Å². The Labute approximate surface area is 151 Å². The molecule has 136 valence electrons. The Morgan fingerprint density at radius 2 is 1.77 bits per heavy atom. The van der Waals surface area contributed by atoms with Crippen molar-refractivity contribution in [2.45, 2.75) is 18.9 Å². The quantitative estimate of drug-likeness (QED) is 0.764. The highest BCUT2D eigenvalue weighted by Gasteiger charge is 2.29. The van der Waals surface area contributed by atoms with Crippen LogP contribution in [0, 0.1) is 11.7 Å². The predicted octanol–water partition coefficient (Wildman–Crippen LogP) is 2.59. The summed E-state index contributed by atoms with van der Waals surface area (Å²) < 4.78 is 19.3. The van der Waals surface area contributed by atoms with E-state index in [4.69, 9.17) is 4.74 Å². The monoisotopic (exact) mass is 356 g/mol. The lowest BCUT2D eigenvalue weighted by atomic mass is 10.1. The Balaban J connectivity index is 1.60. The van der Waals surface area contributed by atoms with E-state index in [0.29, 0.717) is 0 Å². The van der Waals surface area contributed by atoms with Gasteiger partial charge in [-0.05, 0) is 30.5 Å². The van der Waals surface area contributed by atoms with Crippen LogP contribution in [0.4, 0.5) is 4.39 Å². The van der Waals surface area contributed by atoms with Crippen molar-refractivity contribution < 1.29 is 18.7 Å². The van der Waals surface area contributed by atoms with Gasteiger partial charge in [-0.3, -0.25) is 9.59 Å². The van der Waals surface area contributed by atoms with Gasteiger partial charge in [0.1, 0.15) is 6.61 Å². The van der Waals surface area contributed by atoms with Gasteiger partial charge >= 0.3 is 0 Å². The zero-order chi connectivity index (χ0) is 18.4. The number of nitrogens with one attached hydrogen (secondary N) is 2. The largest absolute Gasteiger partial charge is 0.488 e. The lowest BCUT2D eigenvalue weighted by Gasteiger charge is -2.20. The minimum absolute atomic E-state index is 0.0529. The van der Waals surface area contributed by atoms with Crippen molar-refractivity contribution in [1.82, 2.24) is 10.6 Å². The molecular weight excluding hydrogens is 335 g/mol. The standard InChI is InChI=1S/C20H21FN2O3/c21-16-8-4-5-9-18(16)26-13-17(14-6-2-1-3-7-14)23-19(24)12-22-20(25)15-10-11-15/h1-9,15,17H,10-13H2,(H,22,25)(H,23,24)/t17-/m1/s1. The third-order valence-electron chi connectivity index (χ3n) is 4.15. The number of hydrogen-bond donors (Lipinski definition) is 2. The van der Waals surface area contributed by atoms with Crippen LogP contribution in [0.5, 0.6) is 5.75 Å². The van der Waals surface area contributed by atoms with E-state index >= 15 is 0 Å². The molecule has 0 aromatic heterocycles. The number of hydrogen-bond acceptors (Lipinski definition) is 3. The van der Waals surface area contributed by atoms with E-state index in [1.54, 1.807) is 12.1 Å². The first-order valence-electron chi connectivity index (χ1n) is 8.63. The molecule has 0 radical (unpaired) electrons. The van der Waals surface area contributed by atoms with Crippen LogP contribution in [0.15, 0.2) is 54.6 Å². The molecule has 3 rings (SSSR count). The molecule has 0 heterocycles. The zero-order valence-electron chi connectivity index (χ0n) is 14.3. The summed E-state index contributed by atoms with van der Waals surface area (Å²) in [7, 11) is 0. The maximum atomic E-state index is 13.7. The number of rotatable bonds is 8. The third-order valence-corrected chi connectivity index (χ3v) is 4.15. The van der Waals surface area contributed by atoms with Gasteiger partial charge in [-0.15, -0.1) is 0 Å². The van der Waals surface area contributed by atoms with Crippen molar-refractivity contribution in [3.8, 4) is 5.75 Å². The molecule has 0 saturated heterocycles. The molecule has 0 spiro atoms. The number of ether oxygens (including phenoxy) is 1. The van der Waals surface area contributed by atoms with Gasteiger partial charge < -0.3 is 15.4 Å². The normalized spacial score (nSPS) is 14.3. The fourth-order valence-corrected chi connectivity index (χ4v) is 2.54. The van der Waals surface area contributed by atoms with E-state index in [9.17, 15) is 14.0 Å². The molecule has 2 N–H and O–H groups in total. The Kier molecular flexibility index (Phi) is 5.84. The van der Waals surface area contributed by atoms with E-state index in [0.717, 1.165) is 18.4 Å². The highest BCUT2D eigenvalue weighted by Crippen LogP contribution is 2.28. The van der Waals surface area contributed by atoms with Gasteiger partial charge in [-0.2, -0.15) is 0 Å². The van der Waals surface area contributed by atoms with E-state index in [-0.39, 0.29) is 36.6 Å². The summed E-state index contributed by atoms with van der Waals surface area (Å²) in [5.74, 6) is -0.673. The first kappa shape index (κ1) is 17.9. The van der Waals surface area contributed by atoms with Crippen LogP contribution < -0.4 is 15.4 Å². The van der Waals surface area contributed by atoms with Crippen molar-refractivity contribution in [3.05, 3.63) is 66.0 Å². The molecule has 0 bridgehead atoms. The van der Waals surface area contributed by atoms with Crippen LogP contribution in [-0.2, 0) is 9.59 Å². The fourth-order valence-electron chi connectivity index (χ4n) is 2.54. The van der Waals surface area contributed by atoms with Gasteiger partial charge in [0.15, 0.2) is 11.6 Å². The first-order chi connectivity index (χ1) is 12.6. The molecule has 0 unspecified atom stereocenters. The van der Waals surface area contributed by atoms with E-state index < -0.39 is 11.9 Å². The van der Waals surface area contributed by atoms with Crippen LogP contribution in [0.1, 0.15) is 24.4 Å². The van der Waals surface area contributed by atoms with Crippen molar-refractivity contribution in [1.29, 1.82) is 0 Å². The van der Waals surface area contributed by atoms with Gasteiger partial charge in [-0.1, -0.05) is 42.5 Å². The highest BCUT2D eigenvalue weighted by molar-refractivity contribution is 5.87. The second kappa shape index (κ2) is 8.47. The fraction of sp³-hybridized carbons (Fsp3) is 0.300. The van der Waals surface area contributed by atoms with E-state index in [1.807, 2.05) is 30.3 Å². The van der Waals surface area contributed by atoms with Gasteiger partial charge in [-0.25, -0.2) is 4.39 Å². The molecule has 1 atom stereocenters. The Hall–Kier alpha value is -2.89. The molecular formula is C20H21FN2O3.